The maximum absolute atomic E-state index is 11.5. The third kappa shape index (κ3) is 2.11. The molecule has 0 atom stereocenters. The Kier molecular flexibility index (Phi) is 3.00. The SMILES string of the molecule is Cn1nccc1CCN1C(=O)CNCC1=O. The number of rotatable bonds is 3. The molecule has 16 heavy (non-hydrogen) atoms. The molecule has 0 aromatic carbocycles. The maximum atomic E-state index is 11.5. The van der Waals surface area contributed by atoms with Gasteiger partial charge in [-0.15, -0.1) is 0 Å². The van der Waals surface area contributed by atoms with E-state index >= 15 is 0 Å². The second kappa shape index (κ2) is 4.44. The lowest BCUT2D eigenvalue weighted by atomic mass is 10.2. The molecule has 0 saturated carbocycles. The fourth-order valence-corrected chi connectivity index (χ4v) is 1.73. The van der Waals surface area contributed by atoms with Gasteiger partial charge in [-0.2, -0.15) is 5.10 Å². The summed E-state index contributed by atoms with van der Waals surface area (Å²) in [6.07, 6.45) is 2.35. The highest BCUT2D eigenvalue weighted by Gasteiger charge is 2.25. The van der Waals surface area contributed by atoms with Crippen molar-refractivity contribution in [3.63, 3.8) is 0 Å². The number of carbonyl (C=O) groups excluding carboxylic acids is 2. The van der Waals surface area contributed by atoms with E-state index in [0.29, 0.717) is 13.0 Å². The molecule has 0 unspecified atom stereocenters. The van der Waals surface area contributed by atoms with Crippen molar-refractivity contribution in [1.82, 2.24) is 20.0 Å². The zero-order chi connectivity index (χ0) is 11.5. The number of nitrogens with zero attached hydrogens (tertiary/aromatic N) is 3. The highest BCUT2D eigenvalue weighted by molar-refractivity contribution is 5.99. The largest absolute Gasteiger partial charge is 0.300 e. The molecule has 1 aromatic rings. The van der Waals surface area contributed by atoms with Gasteiger partial charge < -0.3 is 0 Å². The summed E-state index contributed by atoms with van der Waals surface area (Å²) in [6.45, 7) is 0.924. The zero-order valence-corrected chi connectivity index (χ0v) is 9.14. The third-order valence-corrected chi connectivity index (χ3v) is 2.67. The summed E-state index contributed by atoms with van der Waals surface area (Å²) in [5, 5.41) is 6.79. The first-order valence-electron chi connectivity index (χ1n) is 5.19. The average Bonchev–Trinajstić information content (AvgIpc) is 2.64. The molecule has 2 heterocycles. The van der Waals surface area contributed by atoms with E-state index in [2.05, 4.69) is 10.4 Å². The quantitative estimate of drug-likeness (QED) is 0.661. The number of hydrogen-bond donors (Lipinski definition) is 1. The lowest BCUT2D eigenvalue weighted by Gasteiger charge is -2.25. The Balaban J connectivity index is 1.96. The number of piperazine rings is 1. The summed E-state index contributed by atoms with van der Waals surface area (Å²) in [5.41, 5.74) is 1.01. The molecule has 0 aliphatic carbocycles. The smallest absolute Gasteiger partial charge is 0.243 e. The molecular weight excluding hydrogens is 208 g/mol. The van der Waals surface area contributed by atoms with Gasteiger partial charge in [-0.25, -0.2) is 0 Å². The highest BCUT2D eigenvalue weighted by atomic mass is 16.2. The van der Waals surface area contributed by atoms with Gasteiger partial charge in [-0.3, -0.25) is 24.5 Å². The van der Waals surface area contributed by atoms with Crippen LogP contribution in [0.4, 0.5) is 0 Å². The van der Waals surface area contributed by atoms with Gasteiger partial charge in [-0.1, -0.05) is 0 Å². The molecule has 1 fully saturated rings. The Morgan fingerprint density at radius 2 is 2.06 bits per heavy atom. The lowest BCUT2D eigenvalue weighted by Crippen LogP contribution is -2.52. The van der Waals surface area contributed by atoms with Crippen LogP contribution < -0.4 is 5.32 Å². The number of amides is 2. The van der Waals surface area contributed by atoms with Gasteiger partial charge in [-0.05, 0) is 6.07 Å². The molecule has 1 N–H and O–H groups in total. The maximum Gasteiger partial charge on any atom is 0.243 e. The van der Waals surface area contributed by atoms with E-state index in [1.807, 2.05) is 13.1 Å². The van der Waals surface area contributed by atoms with E-state index in [9.17, 15) is 9.59 Å². The Bertz CT molecular complexity index is 397. The van der Waals surface area contributed by atoms with Crippen LogP contribution in [0.2, 0.25) is 0 Å². The van der Waals surface area contributed by atoms with Gasteiger partial charge in [0, 0.05) is 31.9 Å². The molecule has 0 bridgehead atoms. The van der Waals surface area contributed by atoms with Crippen LogP contribution in [0.25, 0.3) is 0 Å². The molecule has 1 aliphatic heterocycles. The lowest BCUT2D eigenvalue weighted by molar-refractivity contribution is -0.146. The Morgan fingerprint density at radius 1 is 1.38 bits per heavy atom. The van der Waals surface area contributed by atoms with Gasteiger partial charge in [0.2, 0.25) is 11.8 Å². The number of hydrogen-bond acceptors (Lipinski definition) is 4. The van der Waals surface area contributed by atoms with Crippen LogP contribution in [-0.4, -0.2) is 46.1 Å². The van der Waals surface area contributed by atoms with E-state index in [4.69, 9.17) is 0 Å². The van der Waals surface area contributed by atoms with Crippen molar-refractivity contribution < 1.29 is 9.59 Å². The van der Waals surface area contributed by atoms with Crippen LogP contribution in [0.1, 0.15) is 5.69 Å². The molecule has 1 saturated heterocycles. The molecular formula is C10H14N4O2. The fraction of sp³-hybridized carbons (Fsp3) is 0.500. The van der Waals surface area contributed by atoms with Crippen molar-refractivity contribution in [3.8, 4) is 0 Å². The second-order valence-electron chi connectivity index (χ2n) is 3.74. The van der Waals surface area contributed by atoms with Crippen molar-refractivity contribution in [2.75, 3.05) is 19.6 Å². The number of imide groups is 1. The van der Waals surface area contributed by atoms with Gasteiger partial charge in [0.1, 0.15) is 0 Å². The Labute approximate surface area is 93.2 Å². The highest BCUT2D eigenvalue weighted by Crippen LogP contribution is 2.02. The van der Waals surface area contributed by atoms with Crippen LogP contribution in [-0.2, 0) is 23.1 Å². The molecule has 0 spiro atoms. The molecule has 2 amide bonds. The van der Waals surface area contributed by atoms with Crippen LogP contribution in [0.15, 0.2) is 12.3 Å². The first-order chi connectivity index (χ1) is 7.68. The number of aromatic nitrogens is 2. The molecule has 6 nitrogen and oxygen atoms in total. The van der Waals surface area contributed by atoms with E-state index in [1.165, 1.54) is 4.90 Å². The number of nitrogens with one attached hydrogen (secondary N) is 1. The molecule has 2 rings (SSSR count). The van der Waals surface area contributed by atoms with Gasteiger partial charge in [0.05, 0.1) is 13.1 Å². The van der Waals surface area contributed by atoms with Crippen molar-refractivity contribution in [1.29, 1.82) is 0 Å². The monoisotopic (exact) mass is 222 g/mol. The summed E-state index contributed by atoms with van der Waals surface area (Å²) in [5.74, 6) is -0.308. The minimum absolute atomic E-state index is 0.154. The number of aryl methyl sites for hydroxylation is 1. The molecule has 1 aliphatic rings. The predicted octanol–water partition coefficient (Wildman–Crippen LogP) is -1.08. The Morgan fingerprint density at radius 3 is 2.62 bits per heavy atom. The molecule has 1 aromatic heterocycles. The summed E-state index contributed by atoms with van der Waals surface area (Å²) in [4.78, 5) is 24.2. The first kappa shape index (κ1) is 10.8. The topological polar surface area (TPSA) is 67.2 Å². The Hall–Kier alpha value is -1.69. The van der Waals surface area contributed by atoms with Crippen LogP contribution in [0, 0.1) is 0 Å². The molecule has 6 heteroatoms. The van der Waals surface area contributed by atoms with Crippen molar-refractivity contribution >= 4 is 11.8 Å². The van der Waals surface area contributed by atoms with Crippen LogP contribution >= 0.6 is 0 Å². The van der Waals surface area contributed by atoms with Crippen LogP contribution in [0.5, 0.6) is 0 Å². The van der Waals surface area contributed by atoms with E-state index in [-0.39, 0.29) is 24.9 Å². The number of carbonyl (C=O) groups is 2. The van der Waals surface area contributed by atoms with E-state index < -0.39 is 0 Å². The van der Waals surface area contributed by atoms with Gasteiger partial charge in [0.25, 0.3) is 0 Å². The summed E-state index contributed by atoms with van der Waals surface area (Å²) >= 11 is 0. The van der Waals surface area contributed by atoms with Crippen LogP contribution in [0.3, 0.4) is 0 Å². The normalized spacial score (nSPS) is 16.9. The van der Waals surface area contributed by atoms with Crippen molar-refractivity contribution in [2.24, 2.45) is 7.05 Å². The van der Waals surface area contributed by atoms with Crippen molar-refractivity contribution in [3.05, 3.63) is 18.0 Å². The summed E-state index contributed by atoms with van der Waals surface area (Å²) in [7, 11) is 1.84. The summed E-state index contributed by atoms with van der Waals surface area (Å²) < 4.78 is 1.75. The van der Waals surface area contributed by atoms with E-state index in [0.717, 1.165) is 5.69 Å². The minimum atomic E-state index is -0.154. The summed E-state index contributed by atoms with van der Waals surface area (Å²) in [6, 6.07) is 1.89. The van der Waals surface area contributed by atoms with Gasteiger partial charge in [0.15, 0.2) is 0 Å². The fourth-order valence-electron chi connectivity index (χ4n) is 1.73. The standard InChI is InChI=1S/C10H14N4O2/c1-13-8(2-4-12-13)3-5-14-9(15)6-11-7-10(14)16/h2,4,11H,3,5-7H2,1H3. The molecule has 0 radical (unpaired) electrons. The minimum Gasteiger partial charge on any atom is -0.300 e. The average molecular weight is 222 g/mol. The third-order valence-electron chi connectivity index (χ3n) is 2.67. The predicted molar refractivity (Wildman–Crippen MR) is 56.5 cm³/mol. The van der Waals surface area contributed by atoms with E-state index in [1.54, 1.807) is 10.9 Å². The van der Waals surface area contributed by atoms with Crippen molar-refractivity contribution in [2.45, 2.75) is 6.42 Å². The first-order valence-corrected chi connectivity index (χ1v) is 5.19. The molecule has 86 valence electrons. The zero-order valence-electron chi connectivity index (χ0n) is 9.14. The second-order valence-corrected chi connectivity index (χ2v) is 3.74. The van der Waals surface area contributed by atoms with Gasteiger partial charge >= 0.3 is 0 Å².